The third-order valence-electron chi connectivity index (χ3n) is 4.31. The monoisotopic (exact) mass is 370 g/mol. The van der Waals surface area contributed by atoms with Crippen LogP contribution in [-0.2, 0) is 19.3 Å². The molecule has 1 fully saturated rings. The smallest absolute Gasteiger partial charge is 0.317 e. The molecule has 0 amide bonds. The van der Waals surface area contributed by atoms with Gasteiger partial charge in [0.2, 0.25) is 0 Å². The number of pyridine rings is 1. The number of thiazole rings is 1. The highest BCUT2D eigenvalue weighted by Crippen LogP contribution is 2.33. The normalized spacial score (nSPS) is 19.1. The van der Waals surface area contributed by atoms with Crippen LogP contribution < -0.4 is 5.32 Å². The van der Waals surface area contributed by atoms with Gasteiger partial charge in [-0.05, 0) is 44.5 Å². The van der Waals surface area contributed by atoms with Crippen LogP contribution in [0.5, 0.6) is 0 Å². The van der Waals surface area contributed by atoms with Gasteiger partial charge in [0.05, 0.1) is 5.69 Å². The number of nitrogens with one attached hydrogen (secondary N) is 1. The first-order valence-electron chi connectivity index (χ1n) is 8.39. The first kappa shape index (κ1) is 18.3. The van der Waals surface area contributed by atoms with Crippen LogP contribution in [0.3, 0.4) is 0 Å². The van der Waals surface area contributed by atoms with Crippen molar-refractivity contribution >= 4 is 11.3 Å². The summed E-state index contributed by atoms with van der Waals surface area (Å²) in [7, 11) is 0. The van der Waals surface area contributed by atoms with Gasteiger partial charge in [-0.2, -0.15) is 13.2 Å². The Balaban J connectivity index is 1.76. The van der Waals surface area contributed by atoms with E-state index in [2.05, 4.69) is 20.2 Å². The number of hydrogen-bond donors (Lipinski definition) is 1. The molecule has 0 saturated carbocycles. The fourth-order valence-corrected chi connectivity index (χ4v) is 3.90. The van der Waals surface area contributed by atoms with Gasteiger partial charge >= 0.3 is 6.18 Å². The van der Waals surface area contributed by atoms with Crippen LogP contribution in [-0.4, -0.2) is 34.0 Å². The second-order valence-corrected chi connectivity index (χ2v) is 7.31. The van der Waals surface area contributed by atoms with E-state index in [0.29, 0.717) is 24.0 Å². The molecule has 0 radical (unpaired) electrons. The van der Waals surface area contributed by atoms with Gasteiger partial charge in [-0.15, -0.1) is 11.3 Å². The van der Waals surface area contributed by atoms with Crippen molar-refractivity contribution in [2.45, 2.75) is 44.6 Å². The SMILES string of the molecule is FC(F)(F)c1ncc(CN(Cc2ccccn2)C2CCCNCC2)s1. The van der Waals surface area contributed by atoms with Crippen molar-refractivity contribution in [3.05, 3.63) is 46.2 Å². The molecule has 136 valence electrons. The van der Waals surface area contributed by atoms with Crippen LogP contribution in [0.1, 0.15) is 34.8 Å². The van der Waals surface area contributed by atoms with Gasteiger partial charge in [0, 0.05) is 36.4 Å². The summed E-state index contributed by atoms with van der Waals surface area (Å²) in [4.78, 5) is 10.8. The van der Waals surface area contributed by atoms with Gasteiger partial charge in [-0.1, -0.05) is 6.07 Å². The van der Waals surface area contributed by atoms with Gasteiger partial charge in [-0.3, -0.25) is 9.88 Å². The number of halogens is 3. The summed E-state index contributed by atoms with van der Waals surface area (Å²) < 4.78 is 38.4. The summed E-state index contributed by atoms with van der Waals surface area (Å²) in [6.45, 7) is 3.02. The maximum absolute atomic E-state index is 12.8. The third-order valence-corrected chi connectivity index (χ3v) is 5.33. The fourth-order valence-electron chi connectivity index (χ4n) is 3.09. The van der Waals surface area contributed by atoms with Crippen LogP contribution >= 0.6 is 11.3 Å². The zero-order valence-corrected chi connectivity index (χ0v) is 14.6. The second kappa shape index (κ2) is 8.25. The quantitative estimate of drug-likeness (QED) is 0.871. The van der Waals surface area contributed by atoms with Crippen molar-refractivity contribution < 1.29 is 13.2 Å². The molecule has 1 aliphatic heterocycles. The lowest BCUT2D eigenvalue weighted by Crippen LogP contribution is -2.35. The van der Waals surface area contributed by atoms with Crippen molar-refractivity contribution in [1.82, 2.24) is 20.2 Å². The maximum atomic E-state index is 12.8. The average molecular weight is 370 g/mol. The highest BCUT2D eigenvalue weighted by Gasteiger charge is 2.35. The molecule has 1 saturated heterocycles. The molecule has 0 bridgehead atoms. The minimum absolute atomic E-state index is 0.327. The molecule has 0 spiro atoms. The molecule has 3 rings (SSSR count). The molecule has 1 atom stereocenters. The first-order valence-corrected chi connectivity index (χ1v) is 9.20. The predicted molar refractivity (Wildman–Crippen MR) is 91.1 cm³/mol. The van der Waals surface area contributed by atoms with Gasteiger partial charge < -0.3 is 5.32 Å². The number of hydrogen-bond acceptors (Lipinski definition) is 5. The Kier molecular flexibility index (Phi) is 6.03. The molecule has 0 aliphatic carbocycles. The number of nitrogens with zero attached hydrogens (tertiary/aromatic N) is 3. The van der Waals surface area contributed by atoms with E-state index in [1.807, 2.05) is 18.2 Å². The summed E-state index contributed by atoms with van der Waals surface area (Å²) in [5.41, 5.74) is 0.931. The lowest BCUT2D eigenvalue weighted by molar-refractivity contribution is -0.137. The highest BCUT2D eigenvalue weighted by atomic mass is 32.1. The Labute approximate surface area is 149 Å². The zero-order valence-electron chi connectivity index (χ0n) is 13.8. The lowest BCUT2D eigenvalue weighted by Gasteiger charge is -2.30. The molecular formula is C17H21F3N4S. The van der Waals surface area contributed by atoms with Crippen molar-refractivity contribution in [3.8, 4) is 0 Å². The van der Waals surface area contributed by atoms with E-state index in [9.17, 15) is 13.2 Å². The van der Waals surface area contributed by atoms with Gasteiger partial charge in [0.15, 0.2) is 5.01 Å². The molecule has 4 nitrogen and oxygen atoms in total. The van der Waals surface area contributed by atoms with E-state index in [1.165, 1.54) is 6.20 Å². The summed E-state index contributed by atoms with van der Waals surface area (Å²) in [5, 5.41) is 2.61. The van der Waals surface area contributed by atoms with Gasteiger partial charge in [0.1, 0.15) is 0 Å². The number of alkyl halides is 3. The molecule has 0 aromatic carbocycles. The van der Waals surface area contributed by atoms with Crippen molar-refractivity contribution in [3.63, 3.8) is 0 Å². The molecule has 2 aromatic rings. The molecule has 1 N–H and O–H groups in total. The second-order valence-electron chi connectivity index (χ2n) is 6.19. The van der Waals surface area contributed by atoms with E-state index in [-0.39, 0.29) is 0 Å². The Hall–Kier alpha value is -1.51. The number of aromatic nitrogens is 2. The Morgan fingerprint density at radius 3 is 2.76 bits per heavy atom. The van der Waals surface area contributed by atoms with Crippen LogP contribution in [0.2, 0.25) is 0 Å². The summed E-state index contributed by atoms with van der Waals surface area (Å²) in [5.74, 6) is 0. The third kappa shape index (κ3) is 5.23. The fraction of sp³-hybridized carbons (Fsp3) is 0.529. The molecule has 3 heterocycles. The van der Waals surface area contributed by atoms with E-state index in [0.717, 1.165) is 49.4 Å². The Morgan fingerprint density at radius 2 is 2.04 bits per heavy atom. The average Bonchev–Trinajstić information content (AvgIpc) is 2.89. The van der Waals surface area contributed by atoms with Crippen molar-refractivity contribution in [1.29, 1.82) is 0 Å². The standard InChI is InChI=1S/C17H21F3N4S/c18-17(19,20)16-23-10-15(25-16)12-24(11-13-4-1-2-8-22-13)14-5-3-7-21-9-6-14/h1-2,4,8,10,14,21H,3,5-7,9,11-12H2. The van der Waals surface area contributed by atoms with Crippen LogP contribution in [0.15, 0.2) is 30.6 Å². The molecule has 25 heavy (non-hydrogen) atoms. The molecular weight excluding hydrogens is 349 g/mol. The van der Waals surface area contributed by atoms with Gasteiger partial charge in [-0.25, -0.2) is 4.98 Å². The number of rotatable bonds is 5. The van der Waals surface area contributed by atoms with Crippen molar-refractivity contribution in [2.24, 2.45) is 0 Å². The summed E-state index contributed by atoms with van der Waals surface area (Å²) in [6, 6.07) is 6.08. The van der Waals surface area contributed by atoms with E-state index >= 15 is 0 Å². The van der Waals surface area contributed by atoms with E-state index in [1.54, 1.807) is 6.20 Å². The van der Waals surface area contributed by atoms with Crippen LogP contribution in [0, 0.1) is 0 Å². The lowest BCUT2D eigenvalue weighted by atomic mass is 10.1. The summed E-state index contributed by atoms with van der Waals surface area (Å²) in [6.07, 6.45) is 1.81. The van der Waals surface area contributed by atoms with E-state index < -0.39 is 11.2 Å². The largest absolute Gasteiger partial charge is 0.443 e. The zero-order chi connectivity index (χ0) is 17.7. The predicted octanol–water partition coefficient (Wildman–Crippen LogP) is 3.70. The van der Waals surface area contributed by atoms with Crippen LogP contribution in [0.4, 0.5) is 13.2 Å². The highest BCUT2D eigenvalue weighted by molar-refractivity contribution is 7.11. The Bertz CT molecular complexity index is 651. The summed E-state index contributed by atoms with van der Waals surface area (Å²) >= 11 is 0.734. The molecule has 1 unspecified atom stereocenters. The maximum Gasteiger partial charge on any atom is 0.443 e. The molecule has 2 aromatic heterocycles. The minimum Gasteiger partial charge on any atom is -0.317 e. The van der Waals surface area contributed by atoms with Gasteiger partial charge in [0.25, 0.3) is 0 Å². The topological polar surface area (TPSA) is 41.1 Å². The Morgan fingerprint density at radius 1 is 1.16 bits per heavy atom. The van der Waals surface area contributed by atoms with Crippen LogP contribution in [0.25, 0.3) is 0 Å². The van der Waals surface area contributed by atoms with Crippen molar-refractivity contribution in [2.75, 3.05) is 13.1 Å². The minimum atomic E-state index is -4.37. The first-order chi connectivity index (χ1) is 12.0. The molecule has 1 aliphatic rings. The molecule has 8 heteroatoms. The van der Waals surface area contributed by atoms with E-state index in [4.69, 9.17) is 0 Å².